The van der Waals surface area contributed by atoms with Gasteiger partial charge in [-0.3, -0.25) is 4.79 Å². The van der Waals surface area contributed by atoms with Crippen LogP contribution in [0.4, 0.5) is 5.69 Å². The first-order valence-corrected chi connectivity index (χ1v) is 8.34. The van der Waals surface area contributed by atoms with E-state index in [2.05, 4.69) is 5.32 Å². The topological polar surface area (TPSA) is 58.6 Å². The Morgan fingerprint density at radius 1 is 1.29 bits per heavy atom. The van der Waals surface area contributed by atoms with Gasteiger partial charge >= 0.3 is 0 Å². The minimum Gasteiger partial charge on any atom is -0.504 e. The largest absolute Gasteiger partial charge is 0.504 e. The van der Waals surface area contributed by atoms with Crippen LogP contribution in [0, 0.1) is 0 Å². The highest BCUT2D eigenvalue weighted by Crippen LogP contribution is 2.37. The van der Waals surface area contributed by atoms with E-state index in [1.807, 2.05) is 25.1 Å². The number of ether oxygens (including phenoxy) is 1. The molecule has 0 bridgehead atoms. The van der Waals surface area contributed by atoms with Crippen molar-refractivity contribution in [2.45, 2.75) is 13.3 Å². The zero-order valence-electron chi connectivity index (χ0n) is 13.3. The fourth-order valence-corrected chi connectivity index (χ4v) is 2.94. The van der Waals surface area contributed by atoms with Crippen molar-refractivity contribution >= 4 is 34.8 Å². The molecule has 5 heteroatoms. The summed E-state index contributed by atoms with van der Waals surface area (Å²) in [6.45, 7) is 2.31. The van der Waals surface area contributed by atoms with Crippen LogP contribution in [-0.4, -0.2) is 23.5 Å². The summed E-state index contributed by atoms with van der Waals surface area (Å²) in [6.07, 6.45) is 2.42. The molecule has 0 unspecified atom stereocenters. The van der Waals surface area contributed by atoms with Crippen LogP contribution in [0.2, 0.25) is 0 Å². The zero-order chi connectivity index (χ0) is 17.1. The van der Waals surface area contributed by atoms with E-state index >= 15 is 0 Å². The molecule has 0 atom stereocenters. The number of aryl methyl sites for hydroxylation is 1. The summed E-state index contributed by atoms with van der Waals surface area (Å²) in [5, 5.41) is 13.2. The van der Waals surface area contributed by atoms with Gasteiger partial charge in [0.1, 0.15) is 0 Å². The number of fused-ring (bicyclic) bond motifs is 1. The molecule has 4 nitrogen and oxygen atoms in total. The molecule has 1 heterocycles. The standard InChI is InChI=1S/C19H18ClNO3/c1-2-24-17-5-3-4-13(18(17)22)11-15-14-10-12(8-9-20)6-7-16(14)21-19(15)23/h3-7,10-11,22H,2,8-9H2,1H3,(H,21,23). The number of phenols is 1. The van der Waals surface area contributed by atoms with Gasteiger partial charge in [-0.25, -0.2) is 0 Å². The number of halogens is 1. The third-order valence-corrected chi connectivity index (χ3v) is 4.07. The number of hydrogen-bond donors (Lipinski definition) is 2. The number of nitrogens with one attached hydrogen (secondary N) is 1. The second-order valence-corrected chi connectivity index (χ2v) is 5.84. The summed E-state index contributed by atoms with van der Waals surface area (Å²) in [5.74, 6) is 0.775. The van der Waals surface area contributed by atoms with Gasteiger partial charge in [-0.15, -0.1) is 11.6 Å². The molecule has 0 saturated carbocycles. The third kappa shape index (κ3) is 3.10. The molecule has 2 aromatic carbocycles. The lowest BCUT2D eigenvalue weighted by atomic mass is 10.0. The van der Waals surface area contributed by atoms with Gasteiger partial charge in [0.25, 0.3) is 5.91 Å². The van der Waals surface area contributed by atoms with E-state index in [-0.39, 0.29) is 11.7 Å². The quantitative estimate of drug-likeness (QED) is 0.635. The van der Waals surface area contributed by atoms with E-state index in [1.54, 1.807) is 24.3 Å². The number of benzene rings is 2. The first-order chi connectivity index (χ1) is 11.6. The van der Waals surface area contributed by atoms with Crippen molar-refractivity contribution in [3.05, 3.63) is 53.1 Å². The highest BCUT2D eigenvalue weighted by Gasteiger charge is 2.24. The molecule has 24 heavy (non-hydrogen) atoms. The number of alkyl halides is 1. The van der Waals surface area contributed by atoms with Crippen LogP contribution in [-0.2, 0) is 11.2 Å². The fourth-order valence-electron chi connectivity index (χ4n) is 2.73. The van der Waals surface area contributed by atoms with Crippen molar-refractivity contribution in [3.8, 4) is 11.5 Å². The SMILES string of the molecule is CCOc1cccc(C=C2C(=O)Nc3ccc(CCCl)cc32)c1O. The lowest BCUT2D eigenvalue weighted by Gasteiger charge is -2.08. The van der Waals surface area contributed by atoms with Crippen molar-refractivity contribution < 1.29 is 14.6 Å². The van der Waals surface area contributed by atoms with Crippen LogP contribution in [0.5, 0.6) is 11.5 Å². The molecule has 0 spiro atoms. The Hall–Kier alpha value is -2.46. The number of anilines is 1. The molecule has 1 aliphatic rings. The first kappa shape index (κ1) is 16.4. The molecule has 3 rings (SSSR count). The van der Waals surface area contributed by atoms with Gasteiger partial charge in [-0.2, -0.15) is 0 Å². The summed E-state index contributed by atoms with van der Waals surface area (Å²) in [6, 6.07) is 11.0. The number of para-hydroxylation sites is 1. The number of aromatic hydroxyl groups is 1. The van der Waals surface area contributed by atoms with Crippen LogP contribution < -0.4 is 10.1 Å². The predicted molar refractivity (Wildman–Crippen MR) is 96.6 cm³/mol. The molecule has 0 radical (unpaired) electrons. The average Bonchev–Trinajstić information content (AvgIpc) is 2.87. The molecule has 0 fully saturated rings. The smallest absolute Gasteiger partial charge is 0.256 e. The monoisotopic (exact) mass is 343 g/mol. The van der Waals surface area contributed by atoms with Gasteiger partial charge < -0.3 is 15.2 Å². The van der Waals surface area contributed by atoms with E-state index in [1.165, 1.54) is 0 Å². The normalized spacial score (nSPS) is 14.6. The van der Waals surface area contributed by atoms with Crippen LogP contribution in [0.15, 0.2) is 36.4 Å². The van der Waals surface area contributed by atoms with Crippen LogP contribution in [0.1, 0.15) is 23.6 Å². The van der Waals surface area contributed by atoms with E-state index in [4.69, 9.17) is 16.3 Å². The van der Waals surface area contributed by atoms with E-state index in [0.717, 1.165) is 23.2 Å². The Bertz CT molecular complexity index is 814. The molecular formula is C19H18ClNO3. The van der Waals surface area contributed by atoms with Gasteiger partial charge in [0.15, 0.2) is 11.5 Å². The molecule has 1 amide bonds. The molecule has 124 valence electrons. The molecule has 2 aromatic rings. The summed E-state index contributed by atoms with van der Waals surface area (Å²) in [5.41, 5.74) is 3.72. The van der Waals surface area contributed by atoms with E-state index in [0.29, 0.717) is 29.4 Å². The Morgan fingerprint density at radius 2 is 2.12 bits per heavy atom. The highest BCUT2D eigenvalue weighted by atomic mass is 35.5. The fraction of sp³-hybridized carbons (Fsp3) is 0.211. The summed E-state index contributed by atoms with van der Waals surface area (Å²) >= 11 is 5.81. The average molecular weight is 344 g/mol. The minimum absolute atomic E-state index is 0.0324. The number of rotatable bonds is 5. The van der Waals surface area contributed by atoms with Crippen molar-refractivity contribution in [2.75, 3.05) is 17.8 Å². The van der Waals surface area contributed by atoms with Crippen LogP contribution >= 0.6 is 11.6 Å². The maximum Gasteiger partial charge on any atom is 0.256 e. The summed E-state index contributed by atoms with van der Waals surface area (Å²) in [4.78, 5) is 12.3. The van der Waals surface area contributed by atoms with Gasteiger partial charge in [-0.05, 0) is 43.2 Å². The lowest BCUT2D eigenvalue weighted by molar-refractivity contribution is -0.110. The van der Waals surface area contributed by atoms with Crippen molar-refractivity contribution in [2.24, 2.45) is 0 Å². The Morgan fingerprint density at radius 3 is 2.88 bits per heavy atom. The third-order valence-electron chi connectivity index (χ3n) is 3.88. The van der Waals surface area contributed by atoms with Gasteiger partial charge in [0, 0.05) is 28.3 Å². The molecule has 0 saturated heterocycles. The summed E-state index contributed by atoms with van der Waals surface area (Å²) in [7, 11) is 0. The number of hydrogen-bond acceptors (Lipinski definition) is 3. The van der Waals surface area contributed by atoms with Crippen molar-refractivity contribution in [3.63, 3.8) is 0 Å². The second kappa shape index (κ2) is 6.97. The first-order valence-electron chi connectivity index (χ1n) is 7.81. The van der Waals surface area contributed by atoms with Gasteiger partial charge in [0.2, 0.25) is 0 Å². The Labute approximate surface area is 145 Å². The van der Waals surface area contributed by atoms with Gasteiger partial charge in [0.05, 0.1) is 6.61 Å². The predicted octanol–water partition coefficient (Wildman–Crippen LogP) is 4.06. The number of phenolic OH excluding ortho intramolecular Hbond substituents is 1. The number of carbonyl (C=O) groups is 1. The van der Waals surface area contributed by atoms with E-state index in [9.17, 15) is 9.90 Å². The zero-order valence-corrected chi connectivity index (χ0v) is 14.1. The lowest BCUT2D eigenvalue weighted by Crippen LogP contribution is -2.03. The van der Waals surface area contributed by atoms with E-state index < -0.39 is 0 Å². The van der Waals surface area contributed by atoms with Crippen molar-refractivity contribution in [1.29, 1.82) is 0 Å². The minimum atomic E-state index is -0.186. The molecule has 1 aliphatic heterocycles. The van der Waals surface area contributed by atoms with Crippen LogP contribution in [0.3, 0.4) is 0 Å². The number of carbonyl (C=O) groups excluding carboxylic acids is 1. The maximum absolute atomic E-state index is 12.3. The van der Waals surface area contributed by atoms with Crippen LogP contribution in [0.25, 0.3) is 11.6 Å². The molecular weight excluding hydrogens is 326 g/mol. The Kier molecular flexibility index (Phi) is 4.76. The second-order valence-electron chi connectivity index (χ2n) is 5.46. The molecule has 0 aliphatic carbocycles. The molecule has 0 aromatic heterocycles. The van der Waals surface area contributed by atoms with Crippen molar-refractivity contribution in [1.82, 2.24) is 0 Å². The highest BCUT2D eigenvalue weighted by molar-refractivity contribution is 6.35. The number of amides is 1. The molecule has 2 N–H and O–H groups in total. The maximum atomic E-state index is 12.3. The van der Waals surface area contributed by atoms with Gasteiger partial charge in [-0.1, -0.05) is 18.2 Å². The summed E-state index contributed by atoms with van der Waals surface area (Å²) < 4.78 is 5.39. The Balaban J connectivity index is 2.04.